The summed E-state index contributed by atoms with van der Waals surface area (Å²) in [5.74, 6) is -2.41. The molecule has 0 aliphatic rings. The molecule has 2 atom stereocenters. The number of aliphatic carboxylic acids is 1. The van der Waals surface area contributed by atoms with Gasteiger partial charge < -0.3 is 25.6 Å². The molecule has 45 heavy (non-hydrogen) atoms. The number of amides is 2. The van der Waals surface area contributed by atoms with Crippen LogP contribution in [0.1, 0.15) is 155 Å². The molecule has 0 aromatic heterocycles. The summed E-state index contributed by atoms with van der Waals surface area (Å²) in [7, 11) is 0. The number of ether oxygens (including phenoxy) is 1. The number of unbranched alkanes of at least 4 members (excludes halogenated alkanes) is 15. The number of esters is 1. The van der Waals surface area contributed by atoms with Gasteiger partial charge in [0.1, 0.15) is 12.1 Å². The Bertz CT molecular complexity index is 828. The highest BCUT2D eigenvalue weighted by atomic mass is 16.5. The van der Waals surface area contributed by atoms with E-state index in [4.69, 9.17) is 14.9 Å². The zero-order valence-corrected chi connectivity index (χ0v) is 28.4. The largest absolute Gasteiger partial charge is 0.480 e. The van der Waals surface area contributed by atoms with Crippen molar-refractivity contribution in [2.24, 2.45) is 0 Å². The molecule has 0 bridgehead atoms. The van der Waals surface area contributed by atoms with Crippen LogP contribution in [0.5, 0.6) is 0 Å². The highest BCUT2D eigenvalue weighted by Crippen LogP contribution is 2.15. The maximum absolute atomic E-state index is 12.6. The minimum absolute atomic E-state index is 0.125. The molecule has 0 saturated heterocycles. The molecule has 9 heteroatoms. The van der Waals surface area contributed by atoms with E-state index in [9.17, 15) is 19.2 Å². The van der Waals surface area contributed by atoms with Crippen molar-refractivity contribution in [2.45, 2.75) is 167 Å². The number of carbonyl (C=O) groups is 4. The average Bonchev–Trinajstić information content (AvgIpc) is 3.02. The Labute approximate surface area is 273 Å². The van der Waals surface area contributed by atoms with Gasteiger partial charge >= 0.3 is 11.9 Å². The molecule has 0 spiro atoms. The van der Waals surface area contributed by atoms with Crippen LogP contribution in [0.2, 0.25) is 0 Å². The van der Waals surface area contributed by atoms with Gasteiger partial charge in [-0.15, -0.1) is 0 Å². The van der Waals surface area contributed by atoms with E-state index in [1.165, 1.54) is 57.8 Å². The van der Waals surface area contributed by atoms with Gasteiger partial charge in [0.2, 0.25) is 11.8 Å². The molecule has 0 radical (unpaired) electrons. The van der Waals surface area contributed by atoms with Crippen LogP contribution in [-0.4, -0.2) is 59.3 Å². The Morgan fingerprint density at radius 2 is 1.20 bits per heavy atom. The Morgan fingerprint density at radius 1 is 0.667 bits per heavy atom. The normalized spacial score (nSPS) is 12.8. The van der Waals surface area contributed by atoms with E-state index in [1.54, 1.807) is 0 Å². The van der Waals surface area contributed by atoms with Crippen LogP contribution in [0.4, 0.5) is 0 Å². The average molecular weight is 637 g/mol. The highest BCUT2D eigenvalue weighted by molar-refractivity contribution is 5.87. The number of hydrogen-bond donors (Lipinski definition) is 4. The third kappa shape index (κ3) is 28.5. The SMILES string of the molecule is CCCCC/C=C\CCCCCCCC(=O)OC(/C=C\CCCCCC)CCCCCCC(=O)NCC(=O)NC(CO)C(=O)O. The molecule has 0 heterocycles. The number of hydrogen-bond acceptors (Lipinski definition) is 6. The van der Waals surface area contributed by atoms with Crippen molar-refractivity contribution in [3.63, 3.8) is 0 Å². The van der Waals surface area contributed by atoms with E-state index in [1.807, 2.05) is 6.08 Å². The van der Waals surface area contributed by atoms with Crippen molar-refractivity contribution in [3.05, 3.63) is 24.3 Å². The van der Waals surface area contributed by atoms with Crippen LogP contribution < -0.4 is 10.6 Å². The van der Waals surface area contributed by atoms with Crippen molar-refractivity contribution >= 4 is 23.8 Å². The first-order valence-corrected chi connectivity index (χ1v) is 17.7. The van der Waals surface area contributed by atoms with Crippen LogP contribution in [0.15, 0.2) is 24.3 Å². The first-order valence-electron chi connectivity index (χ1n) is 17.7. The number of aliphatic hydroxyl groups excluding tert-OH is 1. The lowest BCUT2D eigenvalue weighted by molar-refractivity contribution is -0.147. The van der Waals surface area contributed by atoms with Gasteiger partial charge in [-0.2, -0.15) is 0 Å². The summed E-state index contributed by atoms with van der Waals surface area (Å²) in [5, 5.41) is 22.4. The zero-order chi connectivity index (χ0) is 33.4. The number of carboxylic acid groups (broad SMARTS) is 1. The second kappa shape index (κ2) is 31.3. The van der Waals surface area contributed by atoms with E-state index < -0.39 is 24.5 Å². The fourth-order valence-corrected chi connectivity index (χ4v) is 4.85. The van der Waals surface area contributed by atoms with E-state index in [-0.39, 0.29) is 30.9 Å². The number of allylic oxidation sites excluding steroid dienone is 3. The fourth-order valence-electron chi connectivity index (χ4n) is 4.85. The van der Waals surface area contributed by atoms with E-state index >= 15 is 0 Å². The molecular weight excluding hydrogens is 572 g/mol. The Morgan fingerprint density at radius 3 is 1.84 bits per heavy atom. The van der Waals surface area contributed by atoms with Crippen LogP contribution >= 0.6 is 0 Å². The molecule has 0 saturated carbocycles. The Balaban J connectivity index is 4.25. The third-order valence-corrected chi connectivity index (χ3v) is 7.66. The number of aliphatic hydroxyl groups is 1. The van der Waals surface area contributed by atoms with Crippen LogP contribution in [0.25, 0.3) is 0 Å². The van der Waals surface area contributed by atoms with Gasteiger partial charge in [0.25, 0.3) is 0 Å². The van der Waals surface area contributed by atoms with Gasteiger partial charge in [0, 0.05) is 12.8 Å². The van der Waals surface area contributed by atoms with Gasteiger partial charge in [-0.25, -0.2) is 4.79 Å². The lowest BCUT2D eigenvalue weighted by atomic mass is 10.1. The molecule has 0 fully saturated rings. The molecule has 2 unspecified atom stereocenters. The molecule has 0 aliphatic heterocycles. The summed E-state index contributed by atoms with van der Waals surface area (Å²) in [6.07, 6.45) is 30.8. The van der Waals surface area contributed by atoms with Crippen molar-refractivity contribution < 1.29 is 34.1 Å². The maximum atomic E-state index is 12.6. The zero-order valence-electron chi connectivity index (χ0n) is 28.4. The predicted molar refractivity (Wildman–Crippen MR) is 181 cm³/mol. The van der Waals surface area contributed by atoms with Gasteiger partial charge in [0.15, 0.2) is 0 Å². The third-order valence-electron chi connectivity index (χ3n) is 7.66. The first kappa shape index (κ1) is 42.3. The summed E-state index contributed by atoms with van der Waals surface area (Å²) in [5.41, 5.74) is 0. The molecule has 0 aliphatic carbocycles. The lowest BCUT2D eigenvalue weighted by Crippen LogP contribution is -2.47. The fraction of sp³-hybridized carbons (Fsp3) is 0.778. The summed E-state index contributed by atoms with van der Waals surface area (Å²) >= 11 is 0. The quantitative estimate of drug-likeness (QED) is 0.0355. The van der Waals surface area contributed by atoms with E-state index in [0.29, 0.717) is 12.8 Å². The first-order chi connectivity index (χ1) is 21.8. The second-order valence-electron chi connectivity index (χ2n) is 11.9. The molecule has 4 N–H and O–H groups in total. The molecule has 0 aromatic rings. The molecule has 0 aromatic carbocycles. The monoisotopic (exact) mass is 636 g/mol. The van der Waals surface area contributed by atoms with E-state index in [0.717, 1.165) is 64.2 Å². The Hall–Kier alpha value is -2.68. The number of carbonyl (C=O) groups excluding carboxylic acids is 3. The minimum atomic E-state index is -1.39. The van der Waals surface area contributed by atoms with E-state index in [2.05, 4.69) is 42.7 Å². The second-order valence-corrected chi connectivity index (χ2v) is 11.9. The van der Waals surface area contributed by atoms with Gasteiger partial charge in [-0.1, -0.05) is 96.3 Å². The Kier molecular flexibility index (Phi) is 29.4. The van der Waals surface area contributed by atoms with Crippen LogP contribution in [0.3, 0.4) is 0 Å². The maximum Gasteiger partial charge on any atom is 0.328 e. The highest BCUT2D eigenvalue weighted by Gasteiger charge is 2.18. The van der Waals surface area contributed by atoms with Crippen molar-refractivity contribution in [2.75, 3.05) is 13.2 Å². The molecular formula is C36H64N2O7. The van der Waals surface area contributed by atoms with Crippen LogP contribution in [-0.2, 0) is 23.9 Å². The predicted octanol–water partition coefficient (Wildman–Crippen LogP) is 7.31. The summed E-state index contributed by atoms with van der Waals surface area (Å²) in [6, 6.07) is -1.39. The number of rotatable bonds is 31. The molecule has 9 nitrogen and oxygen atoms in total. The summed E-state index contributed by atoms with van der Waals surface area (Å²) in [4.78, 5) is 47.2. The lowest BCUT2D eigenvalue weighted by Gasteiger charge is -2.15. The van der Waals surface area contributed by atoms with Gasteiger partial charge in [-0.3, -0.25) is 14.4 Å². The summed E-state index contributed by atoms with van der Waals surface area (Å²) < 4.78 is 5.84. The molecule has 260 valence electrons. The van der Waals surface area contributed by atoms with Gasteiger partial charge in [-0.05, 0) is 70.3 Å². The van der Waals surface area contributed by atoms with Crippen molar-refractivity contribution in [1.29, 1.82) is 0 Å². The van der Waals surface area contributed by atoms with Crippen LogP contribution in [0, 0.1) is 0 Å². The minimum Gasteiger partial charge on any atom is -0.480 e. The summed E-state index contributed by atoms with van der Waals surface area (Å²) in [6.45, 7) is 3.37. The smallest absolute Gasteiger partial charge is 0.328 e. The molecule has 2 amide bonds. The molecule has 0 rings (SSSR count). The number of carboxylic acids is 1. The topological polar surface area (TPSA) is 142 Å². The van der Waals surface area contributed by atoms with Crippen molar-refractivity contribution in [3.8, 4) is 0 Å². The van der Waals surface area contributed by atoms with Crippen molar-refractivity contribution in [1.82, 2.24) is 10.6 Å². The van der Waals surface area contributed by atoms with Gasteiger partial charge in [0.05, 0.1) is 13.2 Å². The standard InChI is InChI=1S/C36H64N2O7/c1-3-5-7-9-11-12-13-14-15-16-18-24-28-35(42)45-31(25-21-17-10-8-6-4-2)26-22-19-20-23-27-33(40)37-29-34(41)38-32(30-39)36(43)44/h11-12,21,25,31-32,39H,3-10,13-20,22-24,26-30H2,1-2H3,(H,37,40)(H,38,41)(H,43,44)/b12-11-,25-21-. The number of nitrogens with one attached hydrogen (secondary N) is 2.